The maximum Gasteiger partial charge on any atom is 0.220 e. The molecule has 0 aliphatic carbocycles. The van der Waals surface area contributed by atoms with E-state index in [1.54, 1.807) is 4.68 Å². The zero-order chi connectivity index (χ0) is 20.7. The molecule has 0 radical (unpaired) electrons. The summed E-state index contributed by atoms with van der Waals surface area (Å²) >= 11 is 0. The van der Waals surface area contributed by atoms with Crippen LogP contribution in [0.2, 0.25) is 0 Å². The number of nitrogens with one attached hydrogen (secondary N) is 2. The van der Waals surface area contributed by atoms with Gasteiger partial charge >= 0.3 is 0 Å². The fourth-order valence-corrected chi connectivity index (χ4v) is 3.30. The number of amides is 1. The first-order chi connectivity index (χ1) is 12.9. The Morgan fingerprint density at radius 2 is 1.86 bits per heavy atom. The average molecular weight is 385 g/mol. The van der Waals surface area contributed by atoms with Gasteiger partial charge in [-0.1, -0.05) is 41.5 Å². The van der Waals surface area contributed by atoms with Crippen LogP contribution in [-0.2, 0) is 22.7 Å². The number of rotatable bonds is 3. The van der Waals surface area contributed by atoms with Crippen LogP contribution in [0.25, 0.3) is 0 Å². The zero-order valence-corrected chi connectivity index (χ0v) is 18.0. The lowest BCUT2D eigenvalue weighted by molar-refractivity contribution is -0.123. The SMILES string of the molecule is Cn1cc([C@@H]2NC(=O)CC[C@H]2Nc2cc(C(C)(C)C)nc(C(C)(C)C)n2)cn1. The lowest BCUT2D eigenvalue weighted by Crippen LogP contribution is -2.45. The van der Waals surface area contributed by atoms with E-state index in [2.05, 4.69) is 57.3 Å². The van der Waals surface area contributed by atoms with Gasteiger partial charge < -0.3 is 10.6 Å². The van der Waals surface area contributed by atoms with Crippen LogP contribution in [0.3, 0.4) is 0 Å². The number of aromatic nitrogens is 4. The van der Waals surface area contributed by atoms with Crippen LogP contribution in [0.5, 0.6) is 0 Å². The van der Waals surface area contributed by atoms with E-state index in [-0.39, 0.29) is 28.8 Å². The monoisotopic (exact) mass is 384 g/mol. The number of aryl methyl sites for hydroxylation is 1. The molecule has 1 aliphatic rings. The van der Waals surface area contributed by atoms with Crippen LogP contribution in [0, 0.1) is 0 Å². The van der Waals surface area contributed by atoms with E-state index in [1.165, 1.54) is 0 Å². The molecule has 3 rings (SSSR count). The Bertz CT molecular complexity index is 826. The van der Waals surface area contributed by atoms with Crippen molar-refractivity contribution in [2.75, 3.05) is 5.32 Å². The topological polar surface area (TPSA) is 84.7 Å². The summed E-state index contributed by atoms with van der Waals surface area (Å²) in [5.41, 5.74) is 1.77. The van der Waals surface area contributed by atoms with E-state index in [4.69, 9.17) is 9.97 Å². The van der Waals surface area contributed by atoms with Gasteiger partial charge in [0.25, 0.3) is 0 Å². The highest BCUT2D eigenvalue weighted by atomic mass is 16.1. The fourth-order valence-electron chi connectivity index (χ4n) is 3.30. The van der Waals surface area contributed by atoms with Crippen molar-refractivity contribution in [1.29, 1.82) is 0 Å². The normalized spacial score (nSPS) is 20.8. The molecule has 0 aromatic carbocycles. The summed E-state index contributed by atoms with van der Waals surface area (Å²) in [6.07, 6.45) is 5.00. The molecule has 152 valence electrons. The molecule has 7 nitrogen and oxygen atoms in total. The third-order valence-electron chi connectivity index (χ3n) is 4.98. The number of carbonyl (C=O) groups is 1. The van der Waals surface area contributed by atoms with Gasteiger partial charge in [0.2, 0.25) is 5.91 Å². The molecule has 1 aliphatic heterocycles. The summed E-state index contributed by atoms with van der Waals surface area (Å²) in [4.78, 5) is 21.7. The molecule has 0 bridgehead atoms. The van der Waals surface area contributed by atoms with E-state index >= 15 is 0 Å². The number of hydrogen-bond acceptors (Lipinski definition) is 5. The van der Waals surface area contributed by atoms with Gasteiger partial charge in [-0.2, -0.15) is 5.10 Å². The number of nitrogens with zero attached hydrogens (tertiary/aromatic N) is 4. The highest BCUT2D eigenvalue weighted by molar-refractivity contribution is 5.77. The van der Waals surface area contributed by atoms with Crippen LogP contribution in [0.15, 0.2) is 18.5 Å². The third-order valence-corrected chi connectivity index (χ3v) is 4.98. The predicted molar refractivity (Wildman–Crippen MR) is 110 cm³/mol. The van der Waals surface area contributed by atoms with Crippen LogP contribution in [0.4, 0.5) is 5.82 Å². The van der Waals surface area contributed by atoms with Gasteiger partial charge in [-0.25, -0.2) is 9.97 Å². The minimum Gasteiger partial charge on any atom is -0.365 e. The Morgan fingerprint density at radius 3 is 2.43 bits per heavy atom. The molecule has 7 heteroatoms. The molecule has 3 heterocycles. The Morgan fingerprint density at radius 1 is 1.14 bits per heavy atom. The highest BCUT2D eigenvalue weighted by Crippen LogP contribution is 2.30. The second-order valence-corrected chi connectivity index (χ2v) is 9.74. The maximum atomic E-state index is 12.0. The summed E-state index contributed by atoms with van der Waals surface area (Å²) in [6.45, 7) is 12.8. The fraction of sp³-hybridized carbons (Fsp3) is 0.619. The first-order valence-electron chi connectivity index (χ1n) is 9.88. The minimum absolute atomic E-state index is 0.0393. The number of hydrogen-bond donors (Lipinski definition) is 2. The average Bonchev–Trinajstić information content (AvgIpc) is 3.01. The maximum absolute atomic E-state index is 12.0. The van der Waals surface area contributed by atoms with Crippen LogP contribution in [0.1, 0.15) is 77.5 Å². The molecule has 2 aromatic rings. The Hall–Kier alpha value is -2.44. The number of anilines is 1. The molecule has 0 unspecified atom stereocenters. The Kier molecular flexibility index (Phi) is 5.21. The summed E-state index contributed by atoms with van der Waals surface area (Å²) < 4.78 is 1.76. The first-order valence-corrected chi connectivity index (χ1v) is 9.88. The summed E-state index contributed by atoms with van der Waals surface area (Å²) in [6, 6.07) is 1.94. The molecule has 1 fully saturated rings. The largest absolute Gasteiger partial charge is 0.365 e. The first kappa shape index (κ1) is 20.3. The molecule has 0 spiro atoms. The lowest BCUT2D eigenvalue weighted by Gasteiger charge is -2.33. The second-order valence-electron chi connectivity index (χ2n) is 9.74. The van der Waals surface area contributed by atoms with E-state index < -0.39 is 0 Å². The van der Waals surface area contributed by atoms with Crippen molar-refractivity contribution in [2.45, 2.75) is 77.3 Å². The van der Waals surface area contributed by atoms with Crippen molar-refractivity contribution in [3.05, 3.63) is 35.5 Å². The lowest BCUT2D eigenvalue weighted by atomic mass is 9.89. The molecule has 1 amide bonds. The number of carbonyl (C=O) groups excluding carboxylic acids is 1. The molecule has 1 saturated heterocycles. The molecule has 2 N–H and O–H groups in total. The second kappa shape index (κ2) is 7.18. The van der Waals surface area contributed by atoms with Gasteiger partial charge in [-0.05, 0) is 6.42 Å². The van der Waals surface area contributed by atoms with Gasteiger partial charge in [0, 0.05) is 42.1 Å². The van der Waals surface area contributed by atoms with Crippen molar-refractivity contribution in [2.24, 2.45) is 7.05 Å². The summed E-state index contributed by atoms with van der Waals surface area (Å²) in [7, 11) is 1.88. The standard InChI is InChI=1S/C21H32N6O/c1-20(2,3)15-10-16(25-19(24-15)21(4,5)6)23-14-8-9-17(28)26-18(14)13-11-22-27(7)12-13/h10-12,14,18H,8-9H2,1-7H3,(H,26,28)(H,23,24,25)/t14-,18+/m1/s1. The van der Waals surface area contributed by atoms with Crippen LogP contribution in [-0.4, -0.2) is 31.7 Å². The smallest absolute Gasteiger partial charge is 0.220 e. The van der Waals surface area contributed by atoms with Crippen LogP contribution >= 0.6 is 0 Å². The summed E-state index contributed by atoms with van der Waals surface area (Å²) in [5, 5.41) is 11.0. The van der Waals surface area contributed by atoms with Gasteiger partial charge in [0.1, 0.15) is 11.6 Å². The van der Waals surface area contributed by atoms with E-state index in [1.807, 2.05) is 25.5 Å². The van der Waals surface area contributed by atoms with Crippen molar-refractivity contribution in [3.63, 3.8) is 0 Å². The van der Waals surface area contributed by atoms with Gasteiger partial charge in [-0.3, -0.25) is 9.48 Å². The molecular formula is C21H32N6O. The molecule has 2 atom stereocenters. The predicted octanol–water partition coefficient (Wildman–Crippen LogP) is 3.24. The Labute approximate surface area is 167 Å². The van der Waals surface area contributed by atoms with Crippen molar-refractivity contribution in [3.8, 4) is 0 Å². The molecular weight excluding hydrogens is 352 g/mol. The zero-order valence-electron chi connectivity index (χ0n) is 18.0. The van der Waals surface area contributed by atoms with Crippen molar-refractivity contribution < 1.29 is 4.79 Å². The van der Waals surface area contributed by atoms with Gasteiger partial charge in [0.15, 0.2) is 0 Å². The molecule has 2 aromatic heterocycles. The van der Waals surface area contributed by atoms with E-state index in [9.17, 15) is 4.79 Å². The minimum atomic E-state index is -0.152. The third kappa shape index (κ3) is 4.51. The van der Waals surface area contributed by atoms with Gasteiger partial charge in [0.05, 0.1) is 24.0 Å². The van der Waals surface area contributed by atoms with Gasteiger partial charge in [-0.15, -0.1) is 0 Å². The van der Waals surface area contributed by atoms with E-state index in [0.717, 1.165) is 29.3 Å². The van der Waals surface area contributed by atoms with Crippen molar-refractivity contribution in [1.82, 2.24) is 25.1 Å². The van der Waals surface area contributed by atoms with Crippen LogP contribution < -0.4 is 10.6 Å². The Balaban J connectivity index is 1.95. The number of piperidine rings is 1. The molecule has 28 heavy (non-hydrogen) atoms. The quantitative estimate of drug-likeness (QED) is 0.849. The highest BCUT2D eigenvalue weighted by Gasteiger charge is 2.32. The summed E-state index contributed by atoms with van der Waals surface area (Å²) in [5.74, 6) is 1.69. The van der Waals surface area contributed by atoms with Crippen molar-refractivity contribution >= 4 is 11.7 Å². The molecule has 0 saturated carbocycles. The van der Waals surface area contributed by atoms with E-state index in [0.29, 0.717) is 6.42 Å².